The lowest BCUT2D eigenvalue weighted by Gasteiger charge is -2.26. The third-order valence-electron chi connectivity index (χ3n) is 3.78. The summed E-state index contributed by atoms with van der Waals surface area (Å²) in [5.74, 6) is -3.76. The van der Waals surface area contributed by atoms with Crippen LogP contribution in [0.5, 0.6) is 0 Å². The van der Waals surface area contributed by atoms with E-state index in [0.717, 1.165) is 6.07 Å². The minimum atomic E-state index is -5.95. The van der Waals surface area contributed by atoms with E-state index in [-0.39, 0.29) is 0 Å². The van der Waals surface area contributed by atoms with Crippen molar-refractivity contribution in [1.82, 2.24) is 9.55 Å². The number of nitrogens with one attached hydrogen (secondary N) is 1. The van der Waals surface area contributed by atoms with E-state index >= 15 is 8.78 Å². The van der Waals surface area contributed by atoms with Gasteiger partial charge >= 0.3 is 29.2 Å². The summed E-state index contributed by atoms with van der Waals surface area (Å²) in [5.41, 5.74) is -3.66. The largest absolute Gasteiger partial charge is 0.490 e. The Bertz CT molecular complexity index is 1220. The Hall–Kier alpha value is -1.61. The maximum Gasteiger partial charge on any atom is 0.490 e. The molecule has 1 fully saturated rings. The van der Waals surface area contributed by atoms with Crippen LogP contribution in [0.3, 0.4) is 0 Å². The number of aliphatic hydroxyl groups excluding tert-OH is 1. The highest BCUT2D eigenvalue weighted by Crippen LogP contribution is 2.66. The van der Waals surface area contributed by atoms with Gasteiger partial charge in [0.15, 0.2) is 12.3 Å². The van der Waals surface area contributed by atoms with Crippen molar-refractivity contribution < 1.29 is 65.0 Å². The zero-order chi connectivity index (χ0) is 25.5. The lowest BCUT2D eigenvalue weighted by Crippen LogP contribution is -2.48. The number of phosphoric acid groups is 3. The smallest absolute Gasteiger partial charge is 0.383 e. The standard InChI is InChI=1S/C12H15F2N2O14P3/c1-2-4-11(13)8(18)12(14,28-9(11)16-5-3-7(17)15-10(16)19)6-27-32(23,24)30-33(25,26)29-31(20,21)22/h3-5,8-9,18H,1,6H2,(H,23,24)(H,25,26)(H,15,17,19)(H2,20,21,22). The van der Waals surface area contributed by atoms with E-state index in [1.54, 1.807) is 4.98 Å². The first-order valence-electron chi connectivity index (χ1n) is 8.05. The summed E-state index contributed by atoms with van der Waals surface area (Å²) in [6, 6.07) is 0.722. The second-order valence-electron chi connectivity index (χ2n) is 6.22. The highest BCUT2D eigenvalue weighted by molar-refractivity contribution is 7.66. The van der Waals surface area contributed by atoms with Crippen molar-refractivity contribution in [2.75, 3.05) is 6.61 Å². The summed E-state index contributed by atoms with van der Waals surface area (Å²) in [7, 11) is -17.5. The molecular weight excluding hydrogens is 527 g/mol. The molecule has 1 saturated heterocycles. The van der Waals surface area contributed by atoms with Gasteiger partial charge < -0.3 is 29.4 Å². The fourth-order valence-electron chi connectivity index (χ4n) is 2.58. The van der Waals surface area contributed by atoms with Crippen molar-refractivity contribution in [3.63, 3.8) is 0 Å². The van der Waals surface area contributed by atoms with Gasteiger partial charge in [0.05, 0.1) is 0 Å². The Labute approximate surface area is 180 Å². The Morgan fingerprint density at radius 3 is 2.33 bits per heavy atom. The number of aliphatic hydroxyl groups is 1. The van der Waals surface area contributed by atoms with Gasteiger partial charge in [-0.15, -0.1) is 5.73 Å². The van der Waals surface area contributed by atoms with Crippen molar-refractivity contribution in [1.29, 1.82) is 0 Å². The second kappa shape index (κ2) is 9.21. The minimum absolute atomic E-state index is 0.310. The van der Waals surface area contributed by atoms with E-state index in [9.17, 15) is 33.3 Å². The van der Waals surface area contributed by atoms with Crippen LogP contribution in [0.2, 0.25) is 0 Å². The monoisotopic (exact) mass is 542 g/mol. The van der Waals surface area contributed by atoms with E-state index in [2.05, 4.69) is 19.7 Å². The zero-order valence-electron chi connectivity index (χ0n) is 15.8. The number of nitrogens with zero attached hydrogens (tertiary/aromatic N) is 1. The van der Waals surface area contributed by atoms with E-state index in [4.69, 9.17) is 19.4 Å². The molecule has 0 radical (unpaired) electrons. The third kappa shape index (κ3) is 6.50. The van der Waals surface area contributed by atoms with Gasteiger partial charge in [-0.1, -0.05) is 6.58 Å². The summed E-state index contributed by atoms with van der Waals surface area (Å²) in [4.78, 5) is 60.3. The number of aromatic amines is 1. The van der Waals surface area contributed by atoms with Gasteiger partial charge in [0.2, 0.25) is 5.67 Å². The molecule has 0 amide bonds. The first-order chi connectivity index (χ1) is 14.8. The molecule has 6 N–H and O–H groups in total. The molecule has 0 aromatic carbocycles. The van der Waals surface area contributed by atoms with Crippen LogP contribution < -0.4 is 11.2 Å². The molecule has 1 aromatic heterocycles. The predicted molar refractivity (Wildman–Crippen MR) is 98.7 cm³/mol. The molecule has 6 unspecified atom stereocenters. The van der Waals surface area contributed by atoms with Gasteiger partial charge in [-0.25, -0.2) is 27.3 Å². The molecule has 0 aliphatic carbocycles. The fraction of sp³-hybridized carbons (Fsp3) is 0.417. The molecule has 16 nitrogen and oxygen atoms in total. The molecule has 186 valence electrons. The number of ether oxygens (including phenoxy) is 1. The molecule has 0 spiro atoms. The third-order valence-corrected chi connectivity index (χ3v) is 7.56. The van der Waals surface area contributed by atoms with E-state index in [1.807, 2.05) is 5.73 Å². The van der Waals surface area contributed by atoms with Crippen LogP contribution in [-0.4, -0.2) is 58.5 Å². The molecule has 2 heterocycles. The minimum Gasteiger partial charge on any atom is -0.383 e. The SMILES string of the molecule is C=C=CC1(F)C(n2ccc(=O)[nH]c2=O)OC(F)(COP(=O)(O)OP(=O)(O)OP(=O)(O)O)C1O. The van der Waals surface area contributed by atoms with Crippen LogP contribution in [0.4, 0.5) is 8.78 Å². The highest BCUT2D eigenvalue weighted by Gasteiger charge is 2.66. The number of hydrogen-bond acceptors (Lipinski definition) is 10. The molecule has 1 aromatic rings. The van der Waals surface area contributed by atoms with Crippen LogP contribution in [0.1, 0.15) is 6.23 Å². The molecule has 21 heteroatoms. The van der Waals surface area contributed by atoms with E-state index in [0.29, 0.717) is 16.8 Å². The van der Waals surface area contributed by atoms with Gasteiger partial charge in [0.25, 0.3) is 11.4 Å². The number of alkyl halides is 2. The summed E-state index contributed by atoms with van der Waals surface area (Å²) in [5, 5.41) is 10.2. The molecule has 2 rings (SSSR count). The van der Waals surface area contributed by atoms with Gasteiger partial charge in [-0.2, -0.15) is 8.62 Å². The Balaban J connectivity index is 2.33. The lowest BCUT2D eigenvalue weighted by atomic mass is 9.95. The van der Waals surface area contributed by atoms with Gasteiger partial charge in [0.1, 0.15) is 6.61 Å². The average Bonchev–Trinajstić information content (AvgIpc) is 2.80. The second-order valence-corrected chi connectivity index (χ2v) is 10.6. The normalized spacial score (nSPS) is 31.4. The zero-order valence-corrected chi connectivity index (χ0v) is 18.4. The molecule has 0 saturated carbocycles. The number of phosphoric ester groups is 1. The van der Waals surface area contributed by atoms with Crippen LogP contribution in [-0.2, 0) is 31.6 Å². The van der Waals surface area contributed by atoms with Crippen LogP contribution in [0, 0.1) is 0 Å². The summed E-state index contributed by atoms with van der Waals surface area (Å²) < 4.78 is 80.3. The Morgan fingerprint density at radius 1 is 1.21 bits per heavy atom. The summed E-state index contributed by atoms with van der Waals surface area (Å²) in [6.07, 6.45) is -4.25. The van der Waals surface area contributed by atoms with Gasteiger partial charge in [-0.3, -0.25) is 18.9 Å². The predicted octanol–water partition coefficient (Wildman–Crippen LogP) is -0.515. The van der Waals surface area contributed by atoms with Crippen LogP contribution >= 0.6 is 23.5 Å². The van der Waals surface area contributed by atoms with Crippen molar-refractivity contribution in [2.45, 2.75) is 23.9 Å². The summed E-state index contributed by atoms with van der Waals surface area (Å²) >= 11 is 0. The van der Waals surface area contributed by atoms with Crippen molar-refractivity contribution in [3.05, 3.63) is 51.5 Å². The topological polar surface area (TPSA) is 244 Å². The first kappa shape index (κ1) is 27.6. The van der Waals surface area contributed by atoms with Crippen molar-refractivity contribution in [2.24, 2.45) is 0 Å². The number of hydrogen-bond donors (Lipinski definition) is 6. The molecule has 1 aliphatic heterocycles. The van der Waals surface area contributed by atoms with Crippen molar-refractivity contribution >= 4 is 23.5 Å². The first-order valence-corrected chi connectivity index (χ1v) is 12.6. The molecular formula is C12H15F2N2O14P3. The number of rotatable bonds is 9. The van der Waals surface area contributed by atoms with Gasteiger partial charge in [0, 0.05) is 18.3 Å². The Morgan fingerprint density at radius 2 is 1.82 bits per heavy atom. The summed E-state index contributed by atoms with van der Waals surface area (Å²) in [6.45, 7) is 1.14. The van der Waals surface area contributed by atoms with Crippen LogP contribution in [0.15, 0.2) is 40.2 Å². The highest BCUT2D eigenvalue weighted by atomic mass is 31.3. The lowest BCUT2D eigenvalue weighted by molar-refractivity contribution is -0.204. The molecule has 6 atom stereocenters. The van der Waals surface area contributed by atoms with E-state index in [1.165, 1.54) is 0 Å². The van der Waals surface area contributed by atoms with Crippen LogP contribution in [0.25, 0.3) is 0 Å². The number of aromatic nitrogens is 2. The molecule has 0 bridgehead atoms. The number of halogens is 2. The Kier molecular flexibility index (Phi) is 7.71. The molecule has 33 heavy (non-hydrogen) atoms. The quantitative estimate of drug-likeness (QED) is 0.170. The fourth-order valence-corrected chi connectivity index (χ4v) is 5.61. The van der Waals surface area contributed by atoms with Crippen molar-refractivity contribution in [3.8, 4) is 0 Å². The van der Waals surface area contributed by atoms with Gasteiger partial charge in [-0.05, 0) is 0 Å². The maximum atomic E-state index is 15.5. The van der Waals surface area contributed by atoms with E-state index < -0.39 is 65.2 Å². The molecule has 1 aliphatic rings. The maximum absolute atomic E-state index is 15.5. The average molecular weight is 542 g/mol. The number of H-pyrrole nitrogens is 1.